The second-order valence-electron chi connectivity index (χ2n) is 7.97. The van der Waals surface area contributed by atoms with Gasteiger partial charge in [0.2, 0.25) is 0 Å². The number of ether oxygens (including phenoxy) is 1. The third kappa shape index (κ3) is 5.23. The Morgan fingerprint density at radius 3 is 2.19 bits per heavy atom. The summed E-state index contributed by atoms with van der Waals surface area (Å²) in [5.74, 6) is 0. The molecule has 0 aliphatic carbocycles. The van der Waals surface area contributed by atoms with Gasteiger partial charge >= 0.3 is 0 Å². The lowest BCUT2D eigenvalue weighted by molar-refractivity contribution is 0.120. The predicted octanol–water partition coefficient (Wildman–Crippen LogP) is 4.38. The van der Waals surface area contributed by atoms with Crippen LogP contribution in [0.1, 0.15) is 39.2 Å². The molecule has 1 unspecified atom stereocenters. The molecule has 6 heteroatoms. The highest BCUT2D eigenvalue weighted by atomic mass is 32.2. The monoisotopic (exact) mass is 388 g/mol. The van der Waals surface area contributed by atoms with E-state index in [1.807, 2.05) is 24.3 Å². The van der Waals surface area contributed by atoms with Crippen molar-refractivity contribution in [2.24, 2.45) is 0 Å². The molecule has 1 aliphatic rings. The zero-order valence-electron chi connectivity index (χ0n) is 16.2. The second-order valence-corrected chi connectivity index (χ2v) is 9.66. The summed E-state index contributed by atoms with van der Waals surface area (Å²) in [5, 5.41) is 3.33. The smallest absolute Gasteiger partial charge is 0.261 e. The maximum Gasteiger partial charge on any atom is 0.261 e. The Morgan fingerprint density at radius 1 is 1.00 bits per heavy atom. The number of nitrogens with one attached hydrogen (secondary N) is 2. The van der Waals surface area contributed by atoms with Gasteiger partial charge in [-0.2, -0.15) is 0 Å². The molecule has 2 aromatic carbocycles. The zero-order chi connectivity index (χ0) is 19.5. The average Bonchev–Trinajstić information content (AvgIpc) is 3.14. The van der Waals surface area contributed by atoms with Crippen molar-refractivity contribution >= 4 is 21.4 Å². The highest BCUT2D eigenvalue weighted by Gasteiger charge is 2.18. The predicted molar refractivity (Wildman–Crippen MR) is 110 cm³/mol. The number of hydrogen-bond acceptors (Lipinski definition) is 4. The third-order valence-corrected chi connectivity index (χ3v) is 6.12. The molecule has 0 bridgehead atoms. The number of sulfonamides is 1. The maximum atomic E-state index is 12.6. The number of rotatable bonds is 6. The highest BCUT2D eigenvalue weighted by molar-refractivity contribution is 7.92. The van der Waals surface area contributed by atoms with E-state index in [4.69, 9.17) is 4.74 Å². The van der Waals surface area contributed by atoms with Gasteiger partial charge in [-0.3, -0.25) is 4.72 Å². The molecule has 1 saturated heterocycles. The number of hydrogen-bond donors (Lipinski definition) is 2. The van der Waals surface area contributed by atoms with Crippen molar-refractivity contribution < 1.29 is 13.2 Å². The molecule has 3 rings (SSSR count). The van der Waals surface area contributed by atoms with Crippen molar-refractivity contribution in [3.8, 4) is 0 Å². The summed E-state index contributed by atoms with van der Waals surface area (Å²) >= 11 is 0. The largest absolute Gasteiger partial charge is 0.382 e. The van der Waals surface area contributed by atoms with Gasteiger partial charge in [-0.1, -0.05) is 32.9 Å². The van der Waals surface area contributed by atoms with Crippen molar-refractivity contribution in [3.63, 3.8) is 0 Å². The molecule has 0 saturated carbocycles. The molecule has 0 spiro atoms. The molecule has 27 heavy (non-hydrogen) atoms. The summed E-state index contributed by atoms with van der Waals surface area (Å²) in [5.41, 5.74) is 2.57. The van der Waals surface area contributed by atoms with Crippen molar-refractivity contribution in [1.82, 2.24) is 0 Å². The molecular formula is C21H28N2O3S. The topological polar surface area (TPSA) is 67.4 Å². The van der Waals surface area contributed by atoms with Crippen LogP contribution in [-0.2, 0) is 20.2 Å². The summed E-state index contributed by atoms with van der Waals surface area (Å²) < 4.78 is 33.4. The number of anilines is 2. The molecule has 1 aliphatic heterocycles. The van der Waals surface area contributed by atoms with E-state index >= 15 is 0 Å². The Labute approximate surface area is 162 Å². The van der Waals surface area contributed by atoms with Crippen LogP contribution in [0.4, 0.5) is 11.4 Å². The first-order chi connectivity index (χ1) is 12.7. The van der Waals surface area contributed by atoms with Gasteiger partial charge < -0.3 is 10.1 Å². The van der Waals surface area contributed by atoms with E-state index in [1.165, 1.54) is 0 Å². The van der Waals surface area contributed by atoms with Gasteiger partial charge in [0, 0.05) is 24.5 Å². The Balaban J connectivity index is 1.63. The van der Waals surface area contributed by atoms with Crippen molar-refractivity contribution in [2.75, 3.05) is 23.2 Å². The zero-order valence-corrected chi connectivity index (χ0v) is 17.0. The van der Waals surface area contributed by atoms with Crippen LogP contribution in [0.15, 0.2) is 53.4 Å². The van der Waals surface area contributed by atoms with Crippen LogP contribution in [0.25, 0.3) is 0 Å². The van der Waals surface area contributed by atoms with Crippen LogP contribution in [-0.4, -0.2) is 27.7 Å². The van der Waals surface area contributed by atoms with E-state index in [0.717, 1.165) is 37.2 Å². The molecule has 0 amide bonds. The standard InChI is InChI=1S/C21H28N2O3S/c1-21(2,3)16-6-12-20(13-7-16)27(24,25)23-18-10-8-17(9-11-18)22-15-19-5-4-14-26-19/h6-13,19,22-23H,4-5,14-15H2,1-3H3. The van der Waals surface area contributed by atoms with Gasteiger partial charge in [0.15, 0.2) is 0 Å². The number of benzene rings is 2. The fourth-order valence-corrected chi connectivity index (χ4v) is 4.10. The lowest BCUT2D eigenvalue weighted by atomic mass is 9.87. The molecule has 0 aromatic heterocycles. The summed E-state index contributed by atoms with van der Waals surface area (Å²) in [6.45, 7) is 7.91. The second kappa shape index (κ2) is 7.90. The highest BCUT2D eigenvalue weighted by Crippen LogP contribution is 2.24. The fraction of sp³-hybridized carbons (Fsp3) is 0.429. The first-order valence-corrected chi connectivity index (χ1v) is 10.8. The van der Waals surface area contributed by atoms with Crippen molar-refractivity contribution in [1.29, 1.82) is 0 Å². The first kappa shape index (κ1) is 19.7. The van der Waals surface area contributed by atoms with Crippen LogP contribution in [0, 0.1) is 0 Å². The fourth-order valence-electron chi connectivity index (χ4n) is 3.04. The Morgan fingerprint density at radius 2 is 1.63 bits per heavy atom. The molecule has 1 atom stereocenters. The Hall–Kier alpha value is -2.05. The SMILES string of the molecule is CC(C)(C)c1ccc(S(=O)(=O)Nc2ccc(NCC3CCCO3)cc2)cc1. The van der Waals surface area contributed by atoms with Gasteiger partial charge in [-0.15, -0.1) is 0 Å². The van der Waals surface area contributed by atoms with Crippen LogP contribution >= 0.6 is 0 Å². The minimum absolute atomic E-state index is 0.0118. The minimum Gasteiger partial charge on any atom is -0.382 e. The maximum absolute atomic E-state index is 12.6. The van der Waals surface area contributed by atoms with E-state index in [1.54, 1.807) is 24.3 Å². The van der Waals surface area contributed by atoms with E-state index in [2.05, 4.69) is 30.8 Å². The summed E-state index contributed by atoms with van der Waals surface area (Å²) in [4.78, 5) is 0.260. The molecule has 5 nitrogen and oxygen atoms in total. The van der Waals surface area contributed by atoms with Crippen LogP contribution < -0.4 is 10.0 Å². The molecule has 2 N–H and O–H groups in total. The van der Waals surface area contributed by atoms with E-state index < -0.39 is 10.0 Å². The first-order valence-electron chi connectivity index (χ1n) is 9.33. The quantitative estimate of drug-likeness (QED) is 0.771. The van der Waals surface area contributed by atoms with Crippen LogP contribution in [0.5, 0.6) is 0 Å². The van der Waals surface area contributed by atoms with E-state index in [-0.39, 0.29) is 16.4 Å². The van der Waals surface area contributed by atoms with Gasteiger partial charge in [0.1, 0.15) is 0 Å². The Kier molecular flexibility index (Phi) is 5.77. The average molecular weight is 389 g/mol. The molecule has 2 aromatic rings. The van der Waals surface area contributed by atoms with Crippen molar-refractivity contribution in [2.45, 2.75) is 50.0 Å². The lowest BCUT2D eigenvalue weighted by Gasteiger charge is -2.19. The molecular weight excluding hydrogens is 360 g/mol. The van der Waals surface area contributed by atoms with Crippen LogP contribution in [0.3, 0.4) is 0 Å². The van der Waals surface area contributed by atoms with E-state index in [0.29, 0.717) is 5.69 Å². The van der Waals surface area contributed by atoms with Crippen LogP contribution in [0.2, 0.25) is 0 Å². The molecule has 1 heterocycles. The van der Waals surface area contributed by atoms with Crippen molar-refractivity contribution in [3.05, 3.63) is 54.1 Å². The molecule has 1 fully saturated rings. The third-order valence-electron chi connectivity index (χ3n) is 4.73. The van der Waals surface area contributed by atoms with E-state index in [9.17, 15) is 8.42 Å². The van der Waals surface area contributed by atoms with Gasteiger partial charge in [0.05, 0.1) is 11.0 Å². The normalized spacial score (nSPS) is 17.7. The lowest BCUT2D eigenvalue weighted by Crippen LogP contribution is -2.18. The summed E-state index contributed by atoms with van der Waals surface area (Å²) in [6.07, 6.45) is 2.46. The molecule has 146 valence electrons. The van der Waals surface area contributed by atoms with Gasteiger partial charge in [0.25, 0.3) is 10.0 Å². The summed E-state index contributed by atoms with van der Waals surface area (Å²) in [7, 11) is -3.60. The summed E-state index contributed by atoms with van der Waals surface area (Å²) in [6, 6.07) is 14.3. The molecule has 0 radical (unpaired) electrons. The Bertz CT molecular complexity index is 848. The minimum atomic E-state index is -3.60. The van der Waals surface area contributed by atoms with Gasteiger partial charge in [-0.25, -0.2) is 8.42 Å². The van der Waals surface area contributed by atoms with Gasteiger partial charge in [-0.05, 0) is 60.2 Å².